The third kappa shape index (κ3) is 4.19. The molecule has 1 rings (SSSR count). The van der Waals surface area contributed by atoms with E-state index < -0.39 is 0 Å². The molecule has 0 bridgehead atoms. The molecule has 1 unspecified atom stereocenters. The van der Waals surface area contributed by atoms with E-state index in [0.717, 1.165) is 25.2 Å². The van der Waals surface area contributed by atoms with Crippen LogP contribution in [0, 0.1) is 5.92 Å². The lowest BCUT2D eigenvalue weighted by molar-refractivity contribution is -0.119. The van der Waals surface area contributed by atoms with Crippen LogP contribution in [0.1, 0.15) is 26.3 Å². The second kappa shape index (κ2) is 7.07. The molecule has 1 aromatic carbocycles. The number of rotatable bonds is 6. The maximum atomic E-state index is 11.9. The van der Waals surface area contributed by atoms with Crippen LogP contribution in [-0.4, -0.2) is 19.0 Å². The predicted octanol–water partition coefficient (Wildman–Crippen LogP) is 2.43. The van der Waals surface area contributed by atoms with Crippen molar-refractivity contribution < 1.29 is 4.79 Å². The van der Waals surface area contributed by atoms with Gasteiger partial charge >= 0.3 is 0 Å². The molecule has 3 nitrogen and oxygen atoms in total. The lowest BCUT2D eigenvalue weighted by atomic mass is 10.1. The Morgan fingerprint density at radius 3 is 2.65 bits per heavy atom. The van der Waals surface area contributed by atoms with Gasteiger partial charge < -0.3 is 10.6 Å². The molecule has 0 aliphatic rings. The Labute approximate surface area is 104 Å². The molecule has 0 aliphatic carbocycles. The molecule has 0 spiro atoms. The van der Waals surface area contributed by atoms with Crippen molar-refractivity contribution in [2.24, 2.45) is 5.92 Å². The van der Waals surface area contributed by atoms with Crippen LogP contribution in [0.25, 0.3) is 0 Å². The second-order valence-corrected chi connectivity index (χ2v) is 4.21. The number of amides is 1. The summed E-state index contributed by atoms with van der Waals surface area (Å²) in [5.74, 6) is 0.0618. The summed E-state index contributed by atoms with van der Waals surface area (Å²) in [5.41, 5.74) is 2.11. The van der Waals surface area contributed by atoms with Gasteiger partial charge in [0.15, 0.2) is 0 Å². The minimum atomic E-state index is -0.0140. The fraction of sp³-hybridized carbons (Fsp3) is 0.500. The van der Waals surface area contributed by atoms with Gasteiger partial charge in [-0.15, -0.1) is 0 Å². The largest absolute Gasteiger partial charge is 0.326 e. The minimum Gasteiger partial charge on any atom is -0.326 e. The van der Waals surface area contributed by atoms with Crippen molar-refractivity contribution in [2.75, 3.05) is 18.4 Å². The van der Waals surface area contributed by atoms with Gasteiger partial charge in [-0.25, -0.2) is 0 Å². The Bertz CT molecular complexity index is 363. The van der Waals surface area contributed by atoms with Crippen molar-refractivity contribution in [2.45, 2.75) is 27.2 Å². The zero-order chi connectivity index (χ0) is 12.7. The summed E-state index contributed by atoms with van der Waals surface area (Å²) in [7, 11) is 0. The molecule has 94 valence electrons. The third-order valence-corrected chi connectivity index (χ3v) is 2.80. The van der Waals surface area contributed by atoms with E-state index in [-0.39, 0.29) is 11.8 Å². The molecule has 2 N–H and O–H groups in total. The van der Waals surface area contributed by atoms with Crippen LogP contribution in [0.15, 0.2) is 24.3 Å². The quantitative estimate of drug-likeness (QED) is 0.793. The lowest BCUT2D eigenvalue weighted by Gasteiger charge is -2.14. The monoisotopic (exact) mass is 234 g/mol. The Kier molecular flexibility index (Phi) is 5.70. The third-order valence-electron chi connectivity index (χ3n) is 2.80. The Morgan fingerprint density at radius 2 is 2.00 bits per heavy atom. The number of hydrogen-bond donors (Lipinski definition) is 2. The Balaban J connectivity index is 2.61. The average molecular weight is 234 g/mol. The summed E-state index contributed by atoms with van der Waals surface area (Å²) >= 11 is 0. The van der Waals surface area contributed by atoms with Crippen LogP contribution in [0.2, 0.25) is 0 Å². The standard InChI is InChI=1S/C14H22N2O/c1-4-12-8-6-7-9-13(12)16-14(17)11(3)10-15-5-2/h6-9,11,15H,4-5,10H2,1-3H3,(H,16,17). The van der Waals surface area contributed by atoms with Crippen LogP contribution in [-0.2, 0) is 11.2 Å². The number of aryl methyl sites for hydroxylation is 1. The SMILES string of the molecule is CCNCC(C)C(=O)Nc1ccccc1CC. The van der Waals surface area contributed by atoms with E-state index in [0.29, 0.717) is 0 Å². The van der Waals surface area contributed by atoms with Crippen LogP contribution >= 0.6 is 0 Å². The molecule has 1 atom stereocenters. The Morgan fingerprint density at radius 1 is 1.29 bits per heavy atom. The van der Waals surface area contributed by atoms with E-state index in [4.69, 9.17) is 0 Å². The minimum absolute atomic E-state index is 0.0140. The van der Waals surface area contributed by atoms with E-state index in [2.05, 4.69) is 17.6 Å². The second-order valence-electron chi connectivity index (χ2n) is 4.21. The highest BCUT2D eigenvalue weighted by Gasteiger charge is 2.13. The summed E-state index contributed by atoms with van der Waals surface area (Å²) in [6.45, 7) is 7.68. The van der Waals surface area contributed by atoms with Gasteiger partial charge in [0.25, 0.3) is 0 Å². The van der Waals surface area contributed by atoms with Gasteiger partial charge in [0.1, 0.15) is 0 Å². The van der Waals surface area contributed by atoms with Crippen LogP contribution in [0.5, 0.6) is 0 Å². The van der Waals surface area contributed by atoms with E-state index in [1.54, 1.807) is 0 Å². The molecule has 0 saturated heterocycles. The van der Waals surface area contributed by atoms with E-state index in [1.807, 2.05) is 38.1 Å². The molecule has 0 fully saturated rings. The van der Waals surface area contributed by atoms with Crippen molar-refractivity contribution in [3.63, 3.8) is 0 Å². The molecule has 1 aromatic rings. The smallest absolute Gasteiger partial charge is 0.228 e. The first kappa shape index (κ1) is 13.7. The number of para-hydroxylation sites is 1. The molecule has 1 amide bonds. The highest BCUT2D eigenvalue weighted by atomic mass is 16.1. The first-order chi connectivity index (χ1) is 8.19. The number of hydrogen-bond acceptors (Lipinski definition) is 2. The maximum Gasteiger partial charge on any atom is 0.228 e. The predicted molar refractivity (Wildman–Crippen MR) is 72.2 cm³/mol. The summed E-state index contributed by atoms with van der Waals surface area (Å²) < 4.78 is 0. The summed E-state index contributed by atoms with van der Waals surface area (Å²) in [4.78, 5) is 11.9. The molecule has 0 aromatic heterocycles. The van der Waals surface area contributed by atoms with Gasteiger partial charge in [0.2, 0.25) is 5.91 Å². The first-order valence-corrected chi connectivity index (χ1v) is 6.28. The average Bonchev–Trinajstić information content (AvgIpc) is 2.36. The van der Waals surface area contributed by atoms with Gasteiger partial charge in [-0.3, -0.25) is 4.79 Å². The summed E-state index contributed by atoms with van der Waals surface area (Å²) in [5, 5.41) is 6.17. The molecule has 17 heavy (non-hydrogen) atoms. The van der Waals surface area contributed by atoms with Gasteiger partial charge in [0, 0.05) is 18.2 Å². The van der Waals surface area contributed by atoms with Crippen LogP contribution < -0.4 is 10.6 Å². The highest BCUT2D eigenvalue weighted by molar-refractivity contribution is 5.93. The van der Waals surface area contributed by atoms with Crippen molar-refractivity contribution >= 4 is 11.6 Å². The number of benzene rings is 1. The van der Waals surface area contributed by atoms with Crippen molar-refractivity contribution in [1.82, 2.24) is 5.32 Å². The van der Waals surface area contributed by atoms with E-state index in [1.165, 1.54) is 5.56 Å². The molecular weight excluding hydrogens is 212 g/mol. The van der Waals surface area contributed by atoms with E-state index in [9.17, 15) is 4.79 Å². The molecule has 0 saturated carbocycles. The molecule has 0 aliphatic heterocycles. The van der Waals surface area contributed by atoms with Gasteiger partial charge in [-0.2, -0.15) is 0 Å². The number of nitrogens with one attached hydrogen (secondary N) is 2. The highest BCUT2D eigenvalue weighted by Crippen LogP contribution is 2.16. The van der Waals surface area contributed by atoms with Gasteiger partial charge in [-0.05, 0) is 24.6 Å². The van der Waals surface area contributed by atoms with Gasteiger partial charge in [-0.1, -0.05) is 39.0 Å². The molecule has 3 heteroatoms. The van der Waals surface area contributed by atoms with Crippen molar-refractivity contribution in [3.8, 4) is 0 Å². The normalized spacial score (nSPS) is 12.2. The Hall–Kier alpha value is -1.35. The fourth-order valence-corrected chi connectivity index (χ4v) is 1.66. The lowest BCUT2D eigenvalue weighted by Crippen LogP contribution is -2.30. The topological polar surface area (TPSA) is 41.1 Å². The van der Waals surface area contributed by atoms with Crippen LogP contribution in [0.3, 0.4) is 0 Å². The fourth-order valence-electron chi connectivity index (χ4n) is 1.66. The first-order valence-electron chi connectivity index (χ1n) is 6.28. The molecule has 0 radical (unpaired) electrons. The molecular formula is C14H22N2O. The number of carbonyl (C=O) groups excluding carboxylic acids is 1. The zero-order valence-electron chi connectivity index (χ0n) is 10.9. The van der Waals surface area contributed by atoms with E-state index >= 15 is 0 Å². The summed E-state index contributed by atoms with van der Waals surface area (Å²) in [6, 6.07) is 7.95. The maximum absolute atomic E-state index is 11.9. The molecule has 0 heterocycles. The number of carbonyl (C=O) groups is 1. The van der Waals surface area contributed by atoms with Crippen LogP contribution in [0.4, 0.5) is 5.69 Å². The van der Waals surface area contributed by atoms with Gasteiger partial charge in [0.05, 0.1) is 0 Å². The summed E-state index contributed by atoms with van der Waals surface area (Å²) in [6.07, 6.45) is 0.929. The van der Waals surface area contributed by atoms with Crippen molar-refractivity contribution in [3.05, 3.63) is 29.8 Å². The zero-order valence-corrected chi connectivity index (χ0v) is 10.9. The van der Waals surface area contributed by atoms with Crippen molar-refractivity contribution in [1.29, 1.82) is 0 Å². The number of anilines is 1.